The number of imide groups is 1. The molecule has 19 heavy (non-hydrogen) atoms. The van der Waals surface area contributed by atoms with Crippen molar-refractivity contribution in [2.24, 2.45) is 0 Å². The van der Waals surface area contributed by atoms with Crippen LogP contribution in [0.3, 0.4) is 0 Å². The third-order valence-corrected chi connectivity index (χ3v) is 2.97. The average molecular weight is 263 g/mol. The molecule has 0 aliphatic carbocycles. The molecular weight excluding hydrogens is 246 g/mol. The highest BCUT2D eigenvalue weighted by Crippen LogP contribution is 2.12. The molecule has 0 radical (unpaired) electrons. The van der Waals surface area contributed by atoms with Crippen LogP contribution in [0.4, 0.5) is 4.79 Å². The van der Waals surface area contributed by atoms with Gasteiger partial charge in [0.05, 0.1) is 13.2 Å². The fourth-order valence-electron chi connectivity index (χ4n) is 1.90. The molecule has 0 bridgehead atoms. The summed E-state index contributed by atoms with van der Waals surface area (Å²) in [6.07, 6.45) is -0.660. The Morgan fingerprint density at radius 3 is 2.74 bits per heavy atom. The molecule has 5 heteroatoms. The lowest BCUT2D eigenvalue weighted by Crippen LogP contribution is -2.40. The minimum atomic E-state index is -0.606. The number of amides is 2. The molecule has 1 aliphatic heterocycles. The van der Waals surface area contributed by atoms with Gasteiger partial charge in [-0.15, -0.1) is 0 Å². The number of nitrogens with zero attached hydrogens (tertiary/aromatic N) is 1. The van der Waals surface area contributed by atoms with Crippen molar-refractivity contribution in [3.8, 4) is 0 Å². The van der Waals surface area contributed by atoms with Crippen LogP contribution in [0.15, 0.2) is 30.3 Å². The molecule has 1 aliphatic rings. The summed E-state index contributed by atoms with van der Waals surface area (Å²) < 4.78 is 10.4. The fourth-order valence-corrected chi connectivity index (χ4v) is 1.90. The highest BCUT2D eigenvalue weighted by Gasteiger charge is 2.33. The zero-order chi connectivity index (χ0) is 13.7. The molecule has 2 amide bonds. The first-order valence-corrected chi connectivity index (χ1v) is 6.36. The summed E-state index contributed by atoms with van der Waals surface area (Å²) in [6.45, 7) is 2.78. The van der Waals surface area contributed by atoms with Crippen molar-refractivity contribution in [3.63, 3.8) is 0 Å². The molecule has 1 unspecified atom stereocenters. The van der Waals surface area contributed by atoms with Crippen LogP contribution < -0.4 is 0 Å². The van der Waals surface area contributed by atoms with Gasteiger partial charge in [-0.25, -0.2) is 9.69 Å². The van der Waals surface area contributed by atoms with Gasteiger partial charge in [-0.2, -0.15) is 0 Å². The molecular formula is C14H17NO4. The maximum Gasteiger partial charge on any atom is 0.416 e. The number of ether oxygens (including phenoxy) is 2. The number of benzene rings is 1. The Labute approximate surface area is 112 Å². The van der Waals surface area contributed by atoms with Crippen molar-refractivity contribution in [1.29, 1.82) is 0 Å². The molecule has 0 spiro atoms. The van der Waals surface area contributed by atoms with E-state index in [0.29, 0.717) is 19.6 Å². The van der Waals surface area contributed by atoms with E-state index in [-0.39, 0.29) is 12.5 Å². The second-order valence-corrected chi connectivity index (χ2v) is 4.30. The molecule has 1 aromatic carbocycles. The second kappa shape index (κ2) is 6.33. The Morgan fingerprint density at radius 2 is 2.16 bits per heavy atom. The fraction of sp³-hybridized carbons (Fsp3) is 0.429. The van der Waals surface area contributed by atoms with Crippen LogP contribution in [0.1, 0.15) is 18.9 Å². The van der Waals surface area contributed by atoms with E-state index < -0.39 is 12.2 Å². The second-order valence-electron chi connectivity index (χ2n) is 4.30. The molecule has 1 saturated heterocycles. The van der Waals surface area contributed by atoms with E-state index in [0.717, 1.165) is 10.5 Å². The van der Waals surface area contributed by atoms with Crippen molar-refractivity contribution < 1.29 is 19.1 Å². The standard InChI is InChI=1S/C14H17NO4/c1-2-12(13(16)15-8-9-18-14(15)17)19-10-11-6-4-3-5-7-11/h3-7,12H,2,8-10H2,1H3. The normalized spacial score (nSPS) is 16.3. The first-order valence-electron chi connectivity index (χ1n) is 6.36. The Bertz CT molecular complexity index is 446. The minimum absolute atomic E-state index is 0.264. The van der Waals surface area contributed by atoms with Crippen molar-refractivity contribution >= 4 is 12.0 Å². The van der Waals surface area contributed by atoms with Gasteiger partial charge in [-0.05, 0) is 12.0 Å². The lowest BCUT2D eigenvalue weighted by Gasteiger charge is -2.19. The lowest BCUT2D eigenvalue weighted by molar-refractivity contribution is -0.141. The lowest BCUT2D eigenvalue weighted by atomic mass is 10.2. The molecule has 5 nitrogen and oxygen atoms in total. The Morgan fingerprint density at radius 1 is 1.42 bits per heavy atom. The quantitative estimate of drug-likeness (QED) is 0.815. The first kappa shape index (κ1) is 13.5. The highest BCUT2D eigenvalue weighted by atomic mass is 16.6. The third-order valence-electron chi connectivity index (χ3n) is 2.97. The van der Waals surface area contributed by atoms with E-state index in [9.17, 15) is 9.59 Å². The van der Waals surface area contributed by atoms with E-state index in [1.54, 1.807) is 0 Å². The molecule has 1 aromatic rings. The topological polar surface area (TPSA) is 55.8 Å². The van der Waals surface area contributed by atoms with Gasteiger partial charge in [0.1, 0.15) is 12.7 Å². The van der Waals surface area contributed by atoms with Gasteiger partial charge in [0, 0.05) is 0 Å². The van der Waals surface area contributed by atoms with E-state index in [4.69, 9.17) is 9.47 Å². The SMILES string of the molecule is CCC(OCc1ccccc1)C(=O)N1CCOC1=O. The Balaban J connectivity index is 1.92. The third kappa shape index (κ3) is 3.32. The smallest absolute Gasteiger partial charge is 0.416 e. The number of hydrogen-bond donors (Lipinski definition) is 0. The number of rotatable bonds is 5. The molecule has 0 aromatic heterocycles. The summed E-state index contributed by atoms with van der Waals surface area (Å²) >= 11 is 0. The maximum absolute atomic E-state index is 12.1. The van der Waals surface area contributed by atoms with Gasteiger partial charge in [0.25, 0.3) is 5.91 Å². The van der Waals surface area contributed by atoms with E-state index in [2.05, 4.69) is 0 Å². The molecule has 1 heterocycles. The number of carbonyl (C=O) groups excluding carboxylic acids is 2. The van der Waals surface area contributed by atoms with Crippen LogP contribution >= 0.6 is 0 Å². The van der Waals surface area contributed by atoms with Crippen molar-refractivity contribution in [2.75, 3.05) is 13.2 Å². The molecule has 2 rings (SSSR count). The monoisotopic (exact) mass is 263 g/mol. The summed E-state index contributed by atoms with van der Waals surface area (Å²) in [5, 5.41) is 0. The maximum atomic E-state index is 12.1. The average Bonchev–Trinajstić information content (AvgIpc) is 2.86. The summed E-state index contributed by atoms with van der Waals surface area (Å²) in [5.41, 5.74) is 0.998. The van der Waals surface area contributed by atoms with Crippen LogP contribution in [0.25, 0.3) is 0 Å². The predicted octanol–water partition coefficient (Wildman–Crippen LogP) is 1.96. The minimum Gasteiger partial charge on any atom is -0.447 e. The molecule has 0 N–H and O–H groups in total. The number of cyclic esters (lactones) is 1. The van der Waals surface area contributed by atoms with Crippen LogP contribution in [0, 0.1) is 0 Å². The summed E-state index contributed by atoms with van der Waals surface area (Å²) in [7, 11) is 0. The zero-order valence-corrected chi connectivity index (χ0v) is 10.9. The zero-order valence-electron chi connectivity index (χ0n) is 10.9. The summed E-state index contributed by atoms with van der Waals surface area (Å²) in [6, 6.07) is 9.62. The largest absolute Gasteiger partial charge is 0.447 e. The van der Waals surface area contributed by atoms with E-state index >= 15 is 0 Å². The Kier molecular flexibility index (Phi) is 4.52. The van der Waals surface area contributed by atoms with Crippen LogP contribution in [-0.4, -0.2) is 36.2 Å². The summed E-state index contributed by atoms with van der Waals surface area (Å²) in [4.78, 5) is 24.6. The van der Waals surface area contributed by atoms with Crippen LogP contribution in [0.2, 0.25) is 0 Å². The summed E-state index contributed by atoms with van der Waals surface area (Å²) in [5.74, 6) is -0.319. The van der Waals surface area contributed by atoms with Crippen molar-refractivity contribution in [1.82, 2.24) is 4.90 Å². The first-order chi connectivity index (χ1) is 9.22. The van der Waals surface area contributed by atoms with E-state index in [1.165, 1.54) is 0 Å². The van der Waals surface area contributed by atoms with Gasteiger partial charge in [0.15, 0.2) is 0 Å². The van der Waals surface area contributed by atoms with Gasteiger partial charge >= 0.3 is 6.09 Å². The predicted molar refractivity (Wildman–Crippen MR) is 68.4 cm³/mol. The van der Waals surface area contributed by atoms with Gasteiger partial charge in [0.2, 0.25) is 0 Å². The highest BCUT2D eigenvalue weighted by molar-refractivity contribution is 5.95. The van der Waals surface area contributed by atoms with Crippen molar-refractivity contribution in [3.05, 3.63) is 35.9 Å². The van der Waals surface area contributed by atoms with Gasteiger partial charge < -0.3 is 9.47 Å². The number of hydrogen-bond acceptors (Lipinski definition) is 4. The Hall–Kier alpha value is -1.88. The van der Waals surface area contributed by atoms with Crippen molar-refractivity contribution in [2.45, 2.75) is 26.1 Å². The molecule has 1 fully saturated rings. The molecule has 102 valence electrons. The van der Waals surface area contributed by atoms with Gasteiger partial charge in [-0.3, -0.25) is 4.79 Å². The van der Waals surface area contributed by atoms with Gasteiger partial charge in [-0.1, -0.05) is 37.3 Å². The van der Waals surface area contributed by atoms with Crippen LogP contribution in [-0.2, 0) is 20.9 Å². The van der Waals surface area contributed by atoms with E-state index in [1.807, 2.05) is 37.3 Å². The number of carbonyl (C=O) groups is 2. The van der Waals surface area contributed by atoms with Crippen LogP contribution in [0.5, 0.6) is 0 Å². The molecule has 0 saturated carbocycles. The molecule has 1 atom stereocenters.